The number of benzene rings is 2. The van der Waals surface area contributed by atoms with Gasteiger partial charge in [0.1, 0.15) is 5.82 Å². The molecule has 1 unspecified atom stereocenters. The van der Waals surface area contributed by atoms with Crippen molar-refractivity contribution in [1.82, 2.24) is 0 Å². The Hall–Kier alpha value is -1.67. The molecule has 0 bridgehead atoms. The fourth-order valence-corrected chi connectivity index (χ4v) is 2.42. The lowest BCUT2D eigenvalue weighted by Gasteiger charge is -2.16. The van der Waals surface area contributed by atoms with Gasteiger partial charge in [-0.3, -0.25) is 0 Å². The lowest BCUT2D eigenvalue weighted by atomic mass is 9.91. The highest BCUT2D eigenvalue weighted by molar-refractivity contribution is 5.28. The van der Waals surface area contributed by atoms with E-state index in [1.54, 1.807) is 12.1 Å². The topological polar surface area (TPSA) is 26.0 Å². The Bertz CT molecular complexity index is 546. The smallest absolute Gasteiger partial charge is 0.123 e. The van der Waals surface area contributed by atoms with Crippen LogP contribution in [0.1, 0.15) is 42.4 Å². The van der Waals surface area contributed by atoms with Gasteiger partial charge in [0.25, 0.3) is 0 Å². The zero-order valence-electron chi connectivity index (χ0n) is 12.1. The van der Waals surface area contributed by atoms with Crippen LogP contribution in [-0.2, 0) is 6.42 Å². The van der Waals surface area contributed by atoms with E-state index in [4.69, 9.17) is 5.73 Å². The average molecular weight is 271 g/mol. The maximum atomic E-state index is 13.3. The summed E-state index contributed by atoms with van der Waals surface area (Å²) in [7, 11) is 0. The Kier molecular flexibility index (Phi) is 4.91. The van der Waals surface area contributed by atoms with Crippen LogP contribution in [0.25, 0.3) is 0 Å². The molecule has 0 aliphatic rings. The van der Waals surface area contributed by atoms with E-state index in [0.29, 0.717) is 12.5 Å². The Morgan fingerprint density at radius 2 is 1.70 bits per heavy atom. The standard InChI is InChI=1S/C18H22FN/c1-13(2)15-8-6-14(7-9-15)10-17(12-20)16-4-3-5-18(19)11-16/h3-9,11,13,17H,10,12,20H2,1-2H3. The monoisotopic (exact) mass is 271 g/mol. The Morgan fingerprint density at radius 1 is 1.00 bits per heavy atom. The summed E-state index contributed by atoms with van der Waals surface area (Å²) in [6.07, 6.45) is 0.846. The van der Waals surface area contributed by atoms with Crippen LogP contribution in [0, 0.1) is 5.82 Å². The highest BCUT2D eigenvalue weighted by Crippen LogP contribution is 2.22. The van der Waals surface area contributed by atoms with Crippen LogP contribution in [0.15, 0.2) is 48.5 Å². The van der Waals surface area contributed by atoms with Crippen LogP contribution >= 0.6 is 0 Å². The summed E-state index contributed by atoms with van der Waals surface area (Å²) in [5.74, 6) is 0.504. The van der Waals surface area contributed by atoms with Gasteiger partial charge in [-0.1, -0.05) is 50.2 Å². The van der Waals surface area contributed by atoms with Crippen LogP contribution < -0.4 is 5.73 Å². The first kappa shape index (κ1) is 14.7. The summed E-state index contributed by atoms with van der Waals surface area (Å²) in [5, 5.41) is 0. The molecule has 0 spiro atoms. The molecule has 1 atom stereocenters. The van der Waals surface area contributed by atoms with Crippen molar-refractivity contribution in [3.8, 4) is 0 Å². The molecule has 0 aromatic heterocycles. The van der Waals surface area contributed by atoms with E-state index in [1.807, 2.05) is 6.07 Å². The zero-order chi connectivity index (χ0) is 14.5. The number of nitrogens with two attached hydrogens (primary N) is 1. The molecule has 0 fully saturated rings. The van der Waals surface area contributed by atoms with Crippen molar-refractivity contribution in [1.29, 1.82) is 0 Å². The van der Waals surface area contributed by atoms with Gasteiger partial charge in [-0.15, -0.1) is 0 Å². The third-order valence-electron chi connectivity index (χ3n) is 3.73. The van der Waals surface area contributed by atoms with E-state index >= 15 is 0 Å². The van der Waals surface area contributed by atoms with Gasteiger partial charge < -0.3 is 5.73 Å². The fourth-order valence-electron chi connectivity index (χ4n) is 2.42. The molecule has 0 aliphatic carbocycles. The fraction of sp³-hybridized carbons (Fsp3) is 0.333. The number of halogens is 1. The maximum absolute atomic E-state index is 13.3. The van der Waals surface area contributed by atoms with Gasteiger partial charge in [0.05, 0.1) is 0 Å². The minimum absolute atomic E-state index is 0.163. The minimum Gasteiger partial charge on any atom is -0.330 e. The minimum atomic E-state index is -0.198. The Labute approximate surface area is 120 Å². The predicted octanol–water partition coefficient (Wildman–Crippen LogP) is 4.23. The molecular formula is C18H22FN. The van der Waals surface area contributed by atoms with Crippen LogP contribution in [0.4, 0.5) is 4.39 Å². The second-order valence-electron chi connectivity index (χ2n) is 5.59. The van der Waals surface area contributed by atoms with Crippen LogP contribution in [0.5, 0.6) is 0 Å². The quantitative estimate of drug-likeness (QED) is 0.865. The molecule has 0 aliphatic heterocycles. The Morgan fingerprint density at radius 3 is 2.25 bits per heavy atom. The van der Waals surface area contributed by atoms with Crippen molar-refractivity contribution in [2.45, 2.75) is 32.1 Å². The molecule has 2 aromatic rings. The second kappa shape index (κ2) is 6.67. The summed E-state index contributed by atoms with van der Waals surface area (Å²) >= 11 is 0. The third-order valence-corrected chi connectivity index (χ3v) is 3.73. The van der Waals surface area contributed by atoms with Gasteiger partial charge >= 0.3 is 0 Å². The number of rotatable bonds is 5. The van der Waals surface area contributed by atoms with E-state index < -0.39 is 0 Å². The molecule has 0 saturated carbocycles. The van der Waals surface area contributed by atoms with Crippen molar-refractivity contribution in [2.24, 2.45) is 5.73 Å². The molecule has 2 N–H and O–H groups in total. The van der Waals surface area contributed by atoms with Crippen LogP contribution in [0.2, 0.25) is 0 Å². The third kappa shape index (κ3) is 3.67. The highest BCUT2D eigenvalue weighted by Gasteiger charge is 2.11. The van der Waals surface area contributed by atoms with Crippen LogP contribution in [0.3, 0.4) is 0 Å². The molecule has 0 saturated heterocycles. The summed E-state index contributed by atoms with van der Waals surface area (Å²) in [4.78, 5) is 0. The maximum Gasteiger partial charge on any atom is 0.123 e. The van der Waals surface area contributed by atoms with Crippen LogP contribution in [-0.4, -0.2) is 6.54 Å². The van der Waals surface area contributed by atoms with Gasteiger partial charge in [0.2, 0.25) is 0 Å². The Balaban J connectivity index is 2.14. The lowest BCUT2D eigenvalue weighted by Crippen LogP contribution is -2.15. The first-order valence-corrected chi connectivity index (χ1v) is 7.14. The number of hydrogen-bond donors (Lipinski definition) is 1. The van der Waals surface area contributed by atoms with E-state index in [9.17, 15) is 4.39 Å². The summed E-state index contributed by atoms with van der Waals surface area (Å²) < 4.78 is 13.3. The normalized spacial score (nSPS) is 12.7. The highest BCUT2D eigenvalue weighted by atomic mass is 19.1. The molecule has 20 heavy (non-hydrogen) atoms. The molecule has 1 nitrogen and oxygen atoms in total. The lowest BCUT2D eigenvalue weighted by molar-refractivity contribution is 0.616. The van der Waals surface area contributed by atoms with E-state index in [2.05, 4.69) is 38.1 Å². The summed E-state index contributed by atoms with van der Waals surface area (Å²) in [5.41, 5.74) is 9.41. The van der Waals surface area contributed by atoms with Gasteiger partial charge in [-0.2, -0.15) is 0 Å². The predicted molar refractivity (Wildman–Crippen MR) is 82.4 cm³/mol. The first-order valence-electron chi connectivity index (χ1n) is 7.14. The molecule has 2 aromatic carbocycles. The summed E-state index contributed by atoms with van der Waals surface area (Å²) in [6, 6.07) is 15.4. The van der Waals surface area contributed by atoms with E-state index in [1.165, 1.54) is 17.2 Å². The van der Waals surface area contributed by atoms with Gasteiger partial charge in [-0.25, -0.2) is 4.39 Å². The number of hydrogen-bond acceptors (Lipinski definition) is 1. The van der Waals surface area contributed by atoms with E-state index in [-0.39, 0.29) is 11.7 Å². The van der Waals surface area contributed by atoms with Gasteiger partial charge in [0, 0.05) is 5.92 Å². The molecule has 0 amide bonds. The first-order chi connectivity index (χ1) is 9.60. The van der Waals surface area contributed by atoms with Crippen molar-refractivity contribution in [2.75, 3.05) is 6.54 Å². The van der Waals surface area contributed by atoms with E-state index in [0.717, 1.165) is 12.0 Å². The average Bonchev–Trinajstić information content (AvgIpc) is 2.45. The largest absolute Gasteiger partial charge is 0.330 e. The molecule has 0 heterocycles. The van der Waals surface area contributed by atoms with Crippen molar-refractivity contribution < 1.29 is 4.39 Å². The summed E-state index contributed by atoms with van der Waals surface area (Å²) in [6.45, 7) is 4.89. The SMILES string of the molecule is CC(C)c1ccc(CC(CN)c2cccc(F)c2)cc1. The van der Waals surface area contributed by atoms with Crippen molar-refractivity contribution >= 4 is 0 Å². The molecule has 106 valence electrons. The second-order valence-corrected chi connectivity index (χ2v) is 5.59. The molecule has 2 heteroatoms. The van der Waals surface area contributed by atoms with Gasteiger partial charge in [-0.05, 0) is 47.7 Å². The van der Waals surface area contributed by atoms with Crippen molar-refractivity contribution in [3.05, 3.63) is 71.0 Å². The molecule has 2 rings (SSSR count). The molecule has 0 radical (unpaired) electrons. The van der Waals surface area contributed by atoms with Gasteiger partial charge in [0.15, 0.2) is 0 Å². The molecular weight excluding hydrogens is 249 g/mol. The van der Waals surface area contributed by atoms with Crippen molar-refractivity contribution in [3.63, 3.8) is 0 Å². The zero-order valence-corrected chi connectivity index (χ0v) is 12.1.